The van der Waals surface area contributed by atoms with Crippen LogP contribution < -0.4 is 10.5 Å². The topological polar surface area (TPSA) is 48.1 Å². The molecule has 18 heavy (non-hydrogen) atoms. The number of nitrogens with zero attached hydrogens (tertiary/aromatic N) is 1. The van der Waals surface area contributed by atoms with Crippen LogP contribution in [0.3, 0.4) is 0 Å². The Morgan fingerprint density at radius 3 is 2.50 bits per heavy atom. The van der Waals surface area contributed by atoms with Crippen molar-refractivity contribution in [3.63, 3.8) is 0 Å². The van der Waals surface area contributed by atoms with Gasteiger partial charge in [-0.05, 0) is 18.2 Å². The summed E-state index contributed by atoms with van der Waals surface area (Å²) in [5.41, 5.74) is 5.13. The van der Waals surface area contributed by atoms with Gasteiger partial charge in [0.15, 0.2) is 5.75 Å². The third kappa shape index (κ3) is 2.71. The van der Waals surface area contributed by atoms with Crippen LogP contribution in [0.4, 0.5) is 18.9 Å². The zero-order valence-corrected chi connectivity index (χ0v) is 9.11. The van der Waals surface area contributed by atoms with Crippen LogP contribution in [0.25, 0.3) is 0 Å². The van der Waals surface area contributed by atoms with Gasteiger partial charge in [-0.1, -0.05) is 12.1 Å². The Labute approximate surface area is 101 Å². The maximum atomic E-state index is 12.5. The lowest BCUT2D eigenvalue weighted by Gasteiger charge is -2.10. The molecule has 0 aliphatic carbocycles. The Hall–Kier alpha value is -2.24. The van der Waals surface area contributed by atoms with Crippen LogP contribution in [-0.4, -0.2) is 4.98 Å². The van der Waals surface area contributed by atoms with Crippen LogP contribution in [0.2, 0.25) is 0 Å². The van der Waals surface area contributed by atoms with Gasteiger partial charge in [0.2, 0.25) is 5.88 Å². The van der Waals surface area contributed by atoms with Crippen molar-refractivity contribution in [2.45, 2.75) is 6.18 Å². The van der Waals surface area contributed by atoms with E-state index in [1.54, 1.807) is 24.3 Å². The number of para-hydroxylation sites is 2. The number of nitrogens with two attached hydrogens (primary N) is 1. The van der Waals surface area contributed by atoms with E-state index in [2.05, 4.69) is 4.98 Å². The lowest BCUT2D eigenvalue weighted by atomic mass is 10.2. The molecule has 6 heteroatoms. The van der Waals surface area contributed by atoms with Crippen molar-refractivity contribution in [3.8, 4) is 11.6 Å². The van der Waals surface area contributed by atoms with Gasteiger partial charge in [0.1, 0.15) is 0 Å². The second-order valence-corrected chi connectivity index (χ2v) is 3.52. The zero-order chi connectivity index (χ0) is 13.2. The van der Waals surface area contributed by atoms with E-state index in [0.717, 1.165) is 18.3 Å². The highest BCUT2D eigenvalue weighted by Gasteiger charge is 2.31. The van der Waals surface area contributed by atoms with Gasteiger partial charge in [0.25, 0.3) is 0 Å². The normalized spacial score (nSPS) is 11.3. The number of alkyl halides is 3. The smallest absolute Gasteiger partial charge is 0.416 e. The summed E-state index contributed by atoms with van der Waals surface area (Å²) in [7, 11) is 0. The van der Waals surface area contributed by atoms with Crippen molar-refractivity contribution in [2.24, 2.45) is 0 Å². The first-order valence-electron chi connectivity index (χ1n) is 5.02. The van der Waals surface area contributed by atoms with E-state index >= 15 is 0 Å². The zero-order valence-electron chi connectivity index (χ0n) is 9.11. The summed E-state index contributed by atoms with van der Waals surface area (Å²) >= 11 is 0. The molecule has 0 radical (unpaired) electrons. The van der Waals surface area contributed by atoms with E-state index in [1.807, 2.05) is 0 Å². The second-order valence-electron chi connectivity index (χ2n) is 3.52. The molecular formula is C12H9F3N2O. The molecule has 0 spiro atoms. The first-order valence-corrected chi connectivity index (χ1v) is 5.02. The molecule has 0 aliphatic heterocycles. The molecule has 94 valence electrons. The maximum Gasteiger partial charge on any atom is 0.416 e. The van der Waals surface area contributed by atoms with E-state index in [4.69, 9.17) is 10.5 Å². The fourth-order valence-corrected chi connectivity index (χ4v) is 1.33. The monoisotopic (exact) mass is 254 g/mol. The molecule has 0 unspecified atom stereocenters. The minimum atomic E-state index is -4.43. The van der Waals surface area contributed by atoms with Gasteiger partial charge < -0.3 is 10.5 Å². The minimum Gasteiger partial charge on any atom is -0.437 e. The van der Waals surface area contributed by atoms with E-state index in [0.29, 0.717) is 5.69 Å². The fourth-order valence-electron chi connectivity index (χ4n) is 1.33. The van der Waals surface area contributed by atoms with E-state index in [9.17, 15) is 13.2 Å². The first-order chi connectivity index (χ1) is 8.47. The molecular weight excluding hydrogens is 245 g/mol. The summed E-state index contributed by atoms with van der Waals surface area (Å²) in [5.74, 6) is 0.118. The van der Waals surface area contributed by atoms with Crippen molar-refractivity contribution in [1.82, 2.24) is 4.98 Å². The number of pyridine rings is 1. The van der Waals surface area contributed by atoms with Crippen LogP contribution >= 0.6 is 0 Å². The number of rotatable bonds is 2. The number of halogens is 3. The molecule has 0 fully saturated rings. The van der Waals surface area contributed by atoms with Gasteiger partial charge in [-0.2, -0.15) is 13.2 Å². The molecule has 0 saturated carbocycles. The van der Waals surface area contributed by atoms with Crippen molar-refractivity contribution >= 4 is 5.69 Å². The van der Waals surface area contributed by atoms with Gasteiger partial charge >= 0.3 is 6.18 Å². The number of hydrogen-bond donors (Lipinski definition) is 1. The van der Waals surface area contributed by atoms with Crippen LogP contribution in [0, 0.1) is 0 Å². The van der Waals surface area contributed by atoms with Crippen molar-refractivity contribution in [1.29, 1.82) is 0 Å². The highest BCUT2D eigenvalue weighted by atomic mass is 19.4. The summed E-state index contributed by atoms with van der Waals surface area (Å²) < 4.78 is 42.6. The number of anilines is 1. The quantitative estimate of drug-likeness (QED) is 0.834. The Morgan fingerprint density at radius 1 is 1.11 bits per heavy atom. The predicted octanol–water partition coefficient (Wildman–Crippen LogP) is 3.47. The molecule has 0 saturated heterocycles. The second kappa shape index (κ2) is 4.56. The van der Waals surface area contributed by atoms with Gasteiger partial charge in [0.05, 0.1) is 11.3 Å². The number of hydrogen-bond acceptors (Lipinski definition) is 3. The Bertz CT molecular complexity index is 555. The molecule has 0 amide bonds. The van der Waals surface area contributed by atoms with Gasteiger partial charge in [-0.25, -0.2) is 4.98 Å². The van der Waals surface area contributed by atoms with Crippen molar-refractivity contribution < 1.29 is 17.9 Å². The third-order valence-corrected chi connectivity index (χ3v) is 2.20. The molecule has 2 N–H and O–H groups in total. The van der Waals surface area contributed by atoms with Crippen LogP contribution in [0.15, 0.2) is 42.6 Å². The summed E-state index contributed by atoms with van der Waals surface area (Å²) in [6.45, 7) is 0. The molecule has 2 aromatic rings. The van der Waals surface area contributed by atoms with E-state index in [-0.39, 0.29) is 11.6 Å². The number of nitrogen functional groups attached to an aromatic ring is 1. The summed E-state index contributed by atoms with van der Waals surface area (Å²) in [4.78, 5) is 3.71. The average Bonchev–Trinajstić information content (AvgIpc) is 2.31. The van der Waals surface area contributed by atoms with E-state index < -0.39 is 11.7 Å². The van der Waals surface area contributed by atoms with Gasteiger partial charge in [-0.15, -0.1) is 0 Å². The highest BCUT2D eigenvalue weighted by molar-refractivity contribution is 5.53. The first kappa shape index (κ1) is 12.2. The Kier molecular flexibility index (Phi) is 3.10. The third-order valence-electron chi connectivity index (χ3n) is 2.20. The van der Waals surface area contributed by atoms with Gasteiger partial charge in [0, 0.05) is 12.3 Å². The molecule has 3 nitrogen and oxygen atoms in total. The number of benzene rings is 1. The predicted molar refractivity (Wildman–Crippen MR) is 60.2 cm³/mol. The Morgan fingerprint density at radius 2 is 1.83 bits per heavy atom. The molecule has 0 bridgehead atoms. The lowest BCUT2D eigenvalue weighted by molar-refractivity contribution is -0.137. The molecule has 1 heterocycles. The average molecular weight is 254 g/mol. The summed E-state index contributed by atoms with van der Waals surface area (Å²) in [6.07, 6.45) is -3.39. The Balaban J connectivity index is 2.28. The molecule has 2 rings (SSSR count). The standard InChI is InChI=1S/C12H9F3N2O/c13-12(14,15)8-5-6-17-11(7-8)18-10-4-2-1-3-9(10)16/h1-7H,16H2. The molecule has 1 aromatic heterocycles. The van der Waals surface area contributed by atoms with Crippen LogP contribution in [0.5, 0.6) is 11.6 Å². The largest absolute Gasteiger partial charge is 0.437 e. The summed E-state index contributed by atoms with van der Waals surface area (Å²) in [6, 6.07) is 8.20. The summed E-state index contributed by atoms with van der Waals surface area (Å²) in [5, 5.41) is 0. The number of ether oxygens (including phenoxy) is 1. The van der Waals surface area contributed by atoms with Crippen molar-refractivity contribution in [2.75, 3.05) is 5.73 Å². The molecule has 1 aromatic carbocycles. The van der Waals surface area contributed by atoms with Gasteiger partial charge in [-0.3, -0.25) is 0 Å². The van der Waals surface area contributed by atoms with Crippen LogP contribution in [-0.2, 0) is 6.18 Å². The maximum absolute atomic E-state index is 12.5. The molecule has 0 aliphatic rings. The van der Waals surface area contributed by atoms with Crippen LogP contribution in [0.1, 0.15) is 5.56 Å². The number of aromatic nitrogens is 1. The lowest BCUT2D eigenvalue weighted by Crippen LogP contribution is -2.05. The molecule has 0 atom stereocenters. The van der Waals surface area contributed by atoms with Crippen molar-refractivity contribution in [3.05, 3.63) is 48.2 Å². The minimum absolute atomic E-state index is 0.150. The highest BCUT2D eigenvalue weighted by Crippen LogP contribution is 2.32. The fraction of sp³-hybridized carbons (Fsp3) is 0.0833. The van der Waals surface area contributed by atoms with E-state index in [1.165, 1.54) is 0 Å². The SMILES string of the molecule is Nc1ccccc1Oc1cc(C(F)(F)F)ccn1.